The zero-order valence-corrected chi connectivity index (χ0v) is 15.2. The van der Waals surface area contributed by atoms with Crippen LogP contribution in [0.15, 0.2) is 18.2 Å². The van der Waals surface area contributed by atoms with Gasteiger partial charge in [0, 0.05) is 24.8 Å². The molecule has 0 bridgehead atoms. The number of nitrogens with one attached hydrogen (secondary N) is 1. The van der Waals surface area contributed by atoms with Gasteiger partial charge in [0.1, 0.15) is 17.3 Å². The molecule has 2 aromatic rings. The Morgan fingerprint density at radius 3 is 2.32 bits per heavy atom. The number of hydrogen-bond acceptors (Lipinski definition) is 5. The lowest BCUT2D eigenvalue weighted by atomic mass is 10.1. The Labute approximate surface area is 148 Å². The fraction of sp³-hybridized carbons (Fsp3) is 0.421. The molecular formula is C19H24N4O2. The van der Waals surface area contributed by atoms with Gasteiger partial charge in [-0.25, -0.2) is 9.97 Å². The van der Waals surface area contributed by atoms with Crippen molar-refractivity contribution in [2.75, 3.05) is 31.6 Å². The minimum absolute atomic E-state index is 0.0748. The highest BCUT2D eigenvalue weighted by atomic mass is 16.5. The number of benzene rings is 1. The monoisotopic (exact) mass is 340 g/mol. The van der Waals surface area contributed by atoms with E-state index < -0.39 is 0 Å². The number of morpholine rings is 1. The molecule has 1 saturated heterocycles. The highest BCUT2D eigenvalue weighted by molar-refractivity contribution is 5.93. The number of aryl methyl sites for hydroxylation is 4. The summed E-state index contributed by atoms with van der Waals surface area (Å²) in [6.45, 7) is 10.4. The predicted molar refractivity (Wildman–Crippen MR) is 97.4 cm³/mol. The predicted octanol–water partition coefficient (Wildman–Crippen LogP) is 2.93. The van der Waals surface area contributed by atoms with Gasteiger partial charge in [-0.1, -0.05) is 17.7 Å². The highest BCUT2D eigenvalue weighted by Gasteiger charge is 2.21. The second kappa shape index (κ2) is 7.19. The number of amides is 1. The average Bonchev–Trinajstić information content (AvgIpc) is 2.58. The molecule has 1 N–H and O–H groups in total. The van der Waals surface area contributed by atoms with E-state index in [-0.39, 0.29) is 5.91 Å². The molecule has 1 fully saturated rings. The van der Waals surface area contributed by atoms with Gasteiger partial charge in [-0.3, -0.25) is 4.79 Å². The molecule has 1 aromatic carbocycles. The molecule has 1 aliphatic heterocycles. The number of hydrogen-bond donors (Lipinski definition) is 1. The van der Waals surface area contributed by atoms with Gasteiger partial charge in [-0.05, 0) is 38.8 Å². The highest BCUT2D eigenvalue weighted by Crippen LogP contribution is 2.25. The number of carbonyl (C=O) groups is 1. The largest absolute Gasteiger partial charge is 0.378 e. The number of carbonyl (C=O) groups excluding carboxylic acids is 1. The van der Waals surface area contributed by atoms with E-state index in [4.69, 9.17) is 4.74 Å². The molecule has 25 heavy (non-hydrogen) atoms. The number of anilines is 2. The Bertz CT molecular complexity index is 775. The Hall–Kier alpha value is -2.47. The third-order valence-corrected chi connectivity index (χ3v) is 4.29. The molecule has 6 nitrogen and oxygen atoms in total. The van der Waals surface area contributed by atoms with E-state index >= 15 is 0 Å². The molecule has 6 heteroatoms. The minimum Gasteiger partial charge on any atom is -0.378 e. The van der Waals surface area contributed by atoms with Crippen LogP contribution >= 0.6 is 0 Å². The molecule has 0 saturated carbocycles. The zero-order valence-electron chi connectivity index (χ0n) is 15.2. The summed E-state index contributed by atoms with van der Waals surface area (Å²) >= 11 is 0. The fourth-order valence-corrected chi connectivity index (χ4v) is 3.17. The zero-order chi connectivity index (χ0) is 18.0. The maximum Gasteiger partial charge on any atom is 0.272 e. The quantitative estimate of drug-likeness (QED) is 0.930. The molecule has 0 aliphatic carbocycles. The molecule has 1 aromatic heterocycles. The van der Waals surface area contributed by atoms with Crippen molar-refractivity contribution in [2.45, 2.75) is 27.7 Å². The average molecular weight is 340 g/mol. The van der Waals surface area contributed by atoms with Crippen LogP contribution in [0, 0.1) is 27.7 Å². The standard InChI is InChI=1S/C19H24N4O2/c1-12-9-13(2)18(14(3)10-12)22-17-11-16(20-15(4)21-17)19(24)23-5-7-25-8-6-23/h9-11H,5-8H2,1-4H3,(H,20,21,22). The summed E-state index contributed by atoms with van der Waals surface area (Å²) in [6.07, 6.45) is 0. The number of ether oxygens (including phenoxy) is 1. The molecule has 0 spiro atoms. The molecule has 3 rings (SSSR count). The van der Waals surface area contributed by atoms with Gasteiger partial charge >= 0.3 is 0 Å². The minimum atomic E-state index is -0.0748. The lowest BCUT2D eigenvalue weighted by molar-refractivity contribution is 0.0299. The lowest BCUT2D eigenvalue weighted by Crippen LogP contribution is -2.41. The van der Waals surface area contributed by atoms with Gasteiger partial charge in [0.2, 0.25) is 0 Å². The van der Waals surface area contributed by atoms with E-state index in [9.17, 15) is 4.79 Å². The first-order valence-electron chi connectivity index (χ1n) is 8.51. The smallest absolute Gasteiger partial charge is 0.272 e. The summed E-state index contributed by atoms with van der Waals surface area (Å²) in [7, 11) is 0. The Balaban J connectivity index is 1.88. The second-order valence-corrected chi connectivity index (χ2v) is 6.49. The van der Waals surface area contributed by atoms with Gasteiger partial charge in [-0.2, -0.15) is 0 Å². The van der Waals surface area contributed by atoms with Crippen molar-refractivity contribution in [2.24, 2.45) is 0 Å². The van der Waals surface area contributed by atoms with Gasteiger partial charge in [-0.15, -0.1) is 0 Å². The van der Waals surface area contributed by atoms with E-state index in [1.54, 1.807) is 17.9 Å². The van der Waals surface area contributed by atoms with E-state index in [0.29, 0.717) is 43.6 Å². The fourth-order valence-electron chi connectivity index (χ4n) is 3.17. The summed E-state index contributed by atoms with van der Waals surface area (Å²) in [4.78, 5) is 23.2. The molecule has 2 heterocycles. The summed E-state index contributed by atoms with van der Waals surface area (Å²) in [5.41, 5.74) is 4.96. The normalized spacial score (nSPS) is 14.5. The summed E-state index contributed by atoms with van der Waals surface area (Å²) < 4.78 is 5.31. The van der Waals surface area contributed by atoms with Crippen molar-refractivity contribution in [3.63, 3.8) is 0 Å². The molecule has 0 unspecified atom stereocenters. The Morgan fingerprint density at radius 1 is 1.04 bits per heavy atom. The van der Waals surface area contributed by atoms with E-state index in [0.717, 1.165) is 16.8 Å². The number of nitrogens with zero attached hydrogens (tertiary/aromatic N) is 3. The van der Waals surface area contributed by atoms with Crippen molar-refractivity contribution in [1.29, 1.82) is 0 Å². The lowest BCUT2D eigenvalue weighted by Gasteiger charge is -2.26. The summed E-state index contributed by atoms with van der Waals surface area (Å²) in [6, 6.07) is 5.98. The van der Waals surface area contributed by atoms with Crippen molar-refractivity contribution in [3.8, 4) is 0 Å². The van der Waals surface area contributed by atoms with Crippen molar-refractivity contribution < 1.29 is 9.53 Å². The van der Waals surface area contributed by atoms with Gasteiger partial charge in [0.25, 0.3) is 5.91 Å². The third kappa shape index (κ3) is 3.96. The van der Waals surface area contributed by atoms with Crippen LogP contribution in [-0.4, -0.2) is 47.1 Å². The van der Waals surface area contributed by atoms with Crippen LogP contribution in [0.1, 0.15) is 33.0 Å². The Kier molecular flexibility index (Phi) is 4.99. The first-order valence-corrected chi connectivity index (χ1v) is 8.51. The summed E-state index contributed by atoms with van der Waals surface area (Å²) in [5, 5.41) is 3.36. The van der Waals surface area contributed by atoms with Crippen LogP contribution in [-0.2, 0) is 4.74 Å². The van der Waals surface area contributed by atoms with Gasteiger partial charge < -0.3 is 15.0 Å². The molecule has 0 atom stereocenters. The van der Waals surface area contributed by atoms with Gasteiger partial charge in [0.15, 0.2) is 0 Å². The summed E-state index contributed by atoms with van der Waals surface area (Å²) in [5.74, 6) is 1.14. The molecule has 0 radical (unpaired) electrons. The van der Waals surface area contributed by atoms with Crippen molar-refractivity contribution in [1.82, 2.24) is 14.9 Å². The molecule has 132 valence electrons. The maximum atomic E-state index is 12.7. The van der Waals surface area contributed by atoms with Crippen molar-refractivity contribution in [3.05, 3.63) is 46.4 Å². The van der Waals surface area contributed by atoms with E-state index in [1.165, 1.54) is 5.56 Å². The molecule has 1 amide bonds. The maximum absolute atomic E-state index is 12.7. The second-order valence-electron chi connectivity index (χ2n) is 6.49. The topological polar surface area (TPSA) is 67.4 Å². The van der Waals surface area contributed by atoms with Crippen LogP contribution in [0.4, 0.5) is 11.5 Å². The van der Waals surface area contributed by atoms with E-state index in [1.807, 2.05) is 0 Å². The SMILES string of the molecule is Cc1cc(C)c(Nc2cc(C(=O)N3CCOCC3)nc(C)n2)c(C)c1. The van der Waals surface area contributed by atoms with Crippen LogP contribution in [0.2, 0.25) is 0 Å². The van der Waals surface area contributed by atoms with Gasteiger partial charge in [0.05, 0.1) is 13.2 Å². The third-order valence-electron chi connectivity index (χ3n) is 4.29. The Morgan fingerprint density at radius 2 is 1.68 bits per heavy atom. The van der Waals surface area contributed by atoms with Crippen LogP contribution in [0.3, 0.4) is 0 Å². The van der Waals surface area contributed by atoms with Crippen LogP contribution in [0.5, 0.6) is 0 Å². The number of rotatable bonds is 3. The molecular weight excluding hydrogens is 316 g/mol. The first-order chi connectivity index (χ1) is 11.9. The van der Waals surface area contributed by atoms with Crippen LogP contribution in [0.25, 0.3) is 0 Å². The first kappa shape index (κ1) is 17.4. The van der Waals surface area contributed by atoms with Crippen molar-refractivity contribution >= 4 is 17.4 Å². The van der Waals surface area contributed by atoms with Crippen LogP contribution < -0.4 is 5.32 Å². The van der Waals surface area contributed by atoms with E-state index in [2.05, 4.69) is 48.2 Å². The number of aromatic nitrogens is 2. The molecule has 1 aliphatic rings.